The van der Waals surface area contributed by atoms with Crippen molar-refractivity contribution in [3.63, 3.8) is 0 Å². The predicted molar refractivity (Wildman–Crippen MR) is 57.9 cm³/mol. The van der Waals surface area contributed by atoms with Gasteiger partial charge in [0.05, 0.1) is 0 Å². The topological polar surface area (TPSA) is 61.0 Å². The zero-order valence-corrected chi connectivity index (χ0v) is 9.08. The number of halogens is 3. The van der Waals surface area contributed by atoms with Crippen molar-refractivity contribution in [1.82, 2.24) is 9.97 Å². The summed E-state index contributed by atoms with van der Waals surface area (Å²) in [5.74, 6) is -2.61. The third kappa shape index (κ3) is 2.26. The van der Waals surface area contributed by atoms with E-state index in [9.17, 15) is 8.78 Å². The van der Waals surface area contributed by atoms with Crippen LogP contribution in [0.3, 0.4) is 0 Å². The monoisotopic (exact) mass is 257 g/mol. The van der Waals surface area contributed by atoms with Gasteiger partial charge in [-0.1, -0.05) is 17.7 Å². The van der Waals surface area contributed by atoms with Crippen LogP contribution < -0.4 is 10.5 Å². The van der Waals surface area contributed by atoms with E-state index in [1.54, 1.807) is 0 Å². The van der Waals surface area contributed by atoms with Crippen LogP contribution in [0.4, 0.5) is 14.5 Å². The second kappa shape index (κ2) is 4.50. The van der Waals surface area contributed by atoms with Crippen molar-refractivity contribution in [2.24, 2.45) is 0 Å². The second-order valence-electron chi connectivity index (χ2n) is 3.04. The molecule has 17 heavy (non-hydrogen) atoms. The lowest BCUT2D eigenvalue weighted by molar-refractivity contribution is 0.406. The molecule has 0 aliphatic carbocycles. The maximum atomic E-state index is 13.3. The fourth-order valence-corrected chi connectivity index (χ4v) is 1.23. The molecule has 0 fully saturated rings. The van der Waals surface area contributed by atoms with Crippen molar-refractivity contribution in [3.8, 4) is 11.6 Å². The maximum absolute atomic E-state index is 13.3. The Labute approximate surface area is 100 Å². The molecule has 0 aliphatic rings. The minimum absolute atomic E-state index is 0.0215. The standard InChI is InChI=1S/C10H6ClF2N3O/c11-9-8(14)10(16-4-15-9)17-6-3-1-2-5(12)7(6)13/h1-4H,14H2. The molecule has 1 heterocycles. The minimum Gasteiger partial charge on any atom is -0.434 e. The quantitative estimate of drug-likeness (QED) is 0.841. The van der Waals surface area contributed by atoms with Crippen LogP contribution in [0.25, 0.3) is 0 Å². The van der Waals surface area contributed by atoms with Gasteiger partial charge < -0.3 is 10.5 Å². The molecule has 7 heteroatoms. The highest BCUT2D eigenvalue weighted by atomic mass is 35.5. The lowest BCUT2D eigenvalue weighted by atomic mass is 10.3. The van der Waals surface area contributed by atoms with Gasteiger partial charge in [-0.25, -0.2) is 9.37 Å². The Bertz CT molecular complexity index is 516. The first-order valence-electron chi connectivity index (χ1n) is 4.47. The smallest absolute Gasteiger partial charge is 0.247 e. The SMILES string of the molecule is Nc1c(Cl)ncnc1Oc1cccc(F)c1F. The van der Waals surface area contributed by atoms with Crippen LogP contribution in [-0.2, 0) is 0 Å². The summed E-state index contributed by atoms with van der Waals surface area (Å²) in [4.78, 5) is 7.28. The molecule has 0 bridgehead atoms. The largest absolute Gasteiger partial charge is 0.434 e. The number of aromatic nitrogens is 2. The summed E-state index contributed by atoms with van der Waals surface area (Å²) in [7, 11) is 0. The number of anilines is 1. The van der Waals surface area contributed by atoms with E-state index >= 15 is 0 Å². The molecule has 0 amide bonds. The first kappa shape index (κ1) is 11.5. The molecule has 0 aliphatic heterocycles. The third-order valence-electron chi connectivity index (χ3n) is 1.92. The maximum Gasteiger partial charge on any atom is 0.247 e. The molecule has 0 spiro atoms. The molecule has 1 aromatic heterocycles. The number of hydrogen-bond donors (Lipinski definition) is 1. The van der Waals surface area contributed by atoms with Gasteiger partial charge in [-0.3, -0.25) is 0 Å². The fourth-order valence-electron chi connectivity index (χ4n) is 1.11. The number of nitrogen functional groups attached to an aromatic ring is 1. The summed E-state index contributed by atoms with van der Waals surface area (Å²) in [6.07, 6.45) is 1.10. The number of nitrogens with two attached hydrogens (primary N) is 1. The highest BCUT2D eigenvalue weighted by Gasteiger charge is 2.13. The predicted octanol–water partition coefficient (Wildman–Crippen LogP) is 2.78. The van der Waals surface area contributed by atoms with Crippen LogP contribution in [0.2, 0.25) is 5.15 Å². The van der Waals surface area contributed by atoms with E-state index in [1.807, 2.05) is 0 Å². The summed E-state index contributed by atoms with van der Waals surface area (Å²) in [5.41, 5.74) is 5.48. The van der Waals surface area contributed by atoms with Crippen molar-refractivity contribution in [1.29, 1.82) is 0 Å². The van der Waals surface area contributed by atoms with Gasteiger partial charge in [0.15, 0.2) is 16.7 Å². The number of benzene rings is 1. The molecule has 0 radical (unpaired) electrons. The average molecular weight is 258 g/mol. The van der Waals surface area contributed by atoms with E-state index in [0.717, 1.165) is 12.4 Å². The minimum atomic E-state index is -1.12. The number of hydrogen-bond acceptors (Lipinski definition) is 4. The number of rotatable bonds is 2. The van der Waals surface area contributed by atoms with Crippen molar-refractivity contribution >= 4 is 17.3 Å². The average Bonchev–Trinajstić information content (AvgIpc) is 2.31. The van der Waals surface area contributed by atoms with Gasteiger partial charge in [0.2, 0.25) is 11.7 Å². The normalized spacial score (nSPS) is 10.3. The second-order valence-corrected chi connectivity index (χ2v) is 3.40. The molecule has 0 saturated heterocycles. The van der Waals surface area contributed by atoms with E-state index in [-0.39, 0.29) is 22.5 Å². The summed E-state index contributed by atoms with van der Waals surface area (Å²) >= 11 is 5.63. The number of ether oxygens (including phenoxy) is 1. The Morgan fingerprint density at radius 1 is 1.24 bits per heavy atom. The first-order valence-corrected chi connectivity index (χ1v) is 4.85. The van der Waals surface area contributed by atoms with Crippen LogP contribution in [0.1, 0.15) is 0 Å². The molecular formula is C10H6ClF2N3O. The van der Waals surface area contributed by atoms with Gasteiger partial charge in [0, 0.05) is 0 Å². The summed E-state index contributed by atoms with van der Waals surface area (Å²) in [6, 6.07) is 3.51. The zero-order chi connectivity index (χ0) is 12.4. The Balaban J connectivity index is 2.38. The van der Waals surface area contributed by atoms with Gasteiger partial charge in [0.25, 0.3) is 0 Å². The summed E-state index contributed by atoms with van der Waals surface area (Å²) in [6.45, 7) is 0. The van der Waals surface area contributed by atoms with Crippen molar-refractivity contribution in [3.05, 3.63) is 41.3 Å². The molecule has 88 valence electrons. The molecule has 1 aromatic carbocycles. The van der Waals surface area contributed by atoms with E-state index in [4.69, 9.17) is 22.1 Å². The van der Waals surface area contributed by atoms with E-state index in [1.165, 1.54) is 12.1 Å². The molecular weight excluding hydrogens is 252 g/mol. The molecule has 2 aromatic rings. The van der Waals surface area contributed by atoms with Gasteiger partial charge in [0.1, 0.15) is 12.0 Å². The Hall–Kier alpha value is -1.95. The molecule has 0 atom stereocenters. The van der Waals surface area contributed by atoms with E-state index in [2.05, 4.69) is 9.97 Å². The molecule has 0 saturated carbocycles. The van der Waals surface area contributed by atoms with E-state index < -0.39 is 11.6 Å². The molecule has 0 unspecified atom stereocenters. The van der Waals surface area contributed by atoms with Crippen LogP contribution >= 0.6 is 11.6 Å². The Morgan fingerprint density at radius 2 is 2.00 bits per heavy atom. The highest BCUT2D eigenvalue weighted by molar-refractivity contribution is 6.32. The molecule has 4 nitrogen and oxygen atoms in total. The third-order valence-corrected chi connectivity index (χ3v) is 2.22. The fraction of sp³-hybridized carbons (Fsp3) is 0. The summed E-state index contributed by atoms with van der Waals surface area (Å²) < 4.78 is 31.2. The van der Waals surface area contributed by atoms with E-state index in [0.29, 0.717) is 0 Å². The van der Waals surface area contributed by atoms with Crippen LogP contribution in [0, 0.1) is 11.6 Å². The van der Waals surface area contributed by atoms with Crippen LogP contribution in [0.15, 0.2) is 24.5 Å². The van der Waals surface area contributed by atoms with Crippen LogP contribution in [0.5, 0.6) is 11.6 Å². The number of nitrogens with zero attached hydrogens (tertiary/aromatic N) is 2. The van der Waals surface area contributed by atoms with Crippen molar-refractivity contribution < 1.29 is 13.5 Å². The lowest BCUT2D eigenvalue weighted by Gasteiger charge is -2.08. The van der Waals surface area contributed by atoms with Gasteiger partial charge in [-0.05, 0) is 12.1 Å². The lowest BCUT2D eigenvalue weighted by Crippen LogP contribution is -1.99. The van der Waals surface area contributed by atoms with Gasteiger partial charge >= 0.3 is 0 Å². The van der Waals surface area contributed by atoms with Crippen LogP contribution in [-0.4, -0.2) is 9.97 Å². The Morgan fingerprint density at radius 3 is 2.76 bits per heavy atom. The Kier molecular flexibility index (Phi) is 3.06. The van der Waals surface area contributed by atoms with Gasteiger partial charge in [-0.15, -0.1) is 0 Å². The summed E-state index contributed by atoms with van der Waals surface area (Å²) in [5, 5.41) is -0.0215. The first-order chi connectivity index (χ1) is 8.09. The highest BCUT2D eigenvalue weighted by Crippen LogP contribution is 2.30. The van der Waals surface area contributed by atoms with Crippen molar-refractivity contribution in [2.45, 2.75) is 0 Å². The van der Waals surface area contributed by atoms with Gasteiger partial charge in [-0.2, -0.15) is 9.37 Å². The molecule has 2 rings (SSSR count). The van der Waals surface area contributed by atoms with Crippen molar-refractivity contribution in [2.75, 3.05) is 5.73 Å². The zero-order valence-electron chi connectivity index (χ0n) is 8.32. The molecule has 2 N–H and O–H groups in total.